The fraction of sp³-hybridized carbons (Fsp3) is 0.769. The van der Waals surface area contributed by atoms with Gasteiger partial charge >= 0.3 is 11.9 Å². The molecule has 0 aromatic heterocycles. The summed E-state index contributed by atoms with van der Waals surface area (Å²) in [6.45, 7) is 3.19. The van der Waals surface area contributed by atoms with E-state index >= 15 is 0 Å². The van der Waals surface area contributed by atoms with E-state index in [4.69, 9.17) is 9.84 Å². The van der Waals surface area contributed by atoms with Crippen molar-refractivity contribution in [2.24, 2.45) is 17.8 Å². The molecule has 1 amide bonds. The highest BCUT2D eigenvalue weighted by Gasteiger charge is 2.50. The summed E-state index contributed by atoms with van der Waals surface area (Å²) >= 11 is 0. The van der Waals surface area contributed by atoms with E-state index in [1.165, 1.54) is 0 Å². The maximum absolute atomic E-state index is 12.0. The molecule has 0 radical (unpaired) electrons. The van der Waals surface area contributed by atoms with Crippen LogP contribution < -0.4 is 0 Å². The zero-order valence-electron chi connectivity index (χ0n) is 11.0. The van der Waals surface area contributed by atoms with Gasteiger partial charge in [-0.2, -0.15) is 0 Å². The number of ether oxygens (including phenoxy) is 1. The Morgan fingerprint density at radius 3 is 2.32 bits per heavy atom. The lowest BCUT2D eigenvalue weighted by molar-refractivity contribution is -0.151. The summed E-state index contributed by atoms with van der Waals surface area (Å²) in [5, 5.41) is 8.81. The van der Waals surface area contributed by atoms with E-state index < -0.39 is 11.9 Å². The standard InChI is InChI=1S/C13H19NO5/c1-2-19-13(18)8-3-5-14(6-4-8)11(15)9-7-10(9)12(16)17/h8-10H,2-7H2,1H3,(H,16,17)/t9-,10+/m1/s1. The minimum absolute atomic E-state index is 0.0743. The Bertz CT molecular complexity index is 386. The fourth-order valence-corrected chi connectivity index (χ4v) is 2.57. The summed E-state index contributed by atoms with van der Waals surface area (Å²) in [6.07, 6.45) is 1.66. The highest BCUT2D eigenvalue weighted by atomic mass is 16.5. The second-order valence-electron chi connectivity index (χ2n) is 5.14. The van der Waals surface area contributed by atoms with Gasteiger partial charge in [-0.25, -0.2) is 0 Å². The van der Waals surface area contributed by atoms with Crippen molar-refractivity contribution >= 4 is 17.8 Å². The van der Waals surface area contributed by atoms with Crippen molar-refractivity contribution in [1.29, 1.82) is 0 Å². The third-order valence-corrected chi connectivity index (χ3v) is 3.85. The Kier molecular flexibility index (Phi) is 4.07. The summed E-state index contributed by atoms with van der Waals surface area (Å²) in [5.41, 5.74) is 0. The van der Waals surface area contributed by atoms with Crippen molar-refractivity contribution in [3.63, 3.8) is 0 Å². The second-order valence-corrected chi connectivity index (χ2v) is 5.14. The molecule has 1 aliphatic carbocycles. The molecule has 1 saturated carbocycles. The number of esters is 1. The first-order valence-corrected chi connectivity index (χ1v) is 6.72. The SMILES string of the molecule is CCOC(=O)C1CCN(C(=O)[C@@H]2C[C@@H]2C(=O)O)CC1. The van der Waals surface area contributed by atoms with Crippen molar-refractivity contribution in [3.8, 4) is 0 Å². The molecule has 0 aromatic carbocycles. The number of hydrogen-bond donors (Lipinski definition) is 1. The lowest BCUT2D eigenvalue weighted by Gasteiger charge is -2.31. The third-order valence-electron chi connectivity index (χ3n) is 3.85. The molecular weight excluding hydrogens is 250 g/mol. The molecule has 1 N–H and O–H groups in total. The van der Waals surface area contributed by atoms with E-state index in [1.54, 1.807) is 11.8 Å². The van der Waals surface area contributed by atoms with Gasteiger partial charge in [0.05, 0.1) is 24.4 Å². The van der Waals surface area contributed by atoms with Crippen LogP contribution >= 0.6 is 0 Å². The van der Waals surface area contributed by atoms with Crippen LogP contribution in [0.15, 0.2) is 0 Å². The summed E-state index contributed by atoms with van der Waals surface area (Å²) in [6, 6.07) is 0. The van der Waals surface area contributed by atoms with Crippen LogP contribution in [0.4, 0.5) is 0 Å². The molecule has 0 unspecified atom stereocenters. The van der Waals surface area contributed by atoms with Gasteiger partial charge in [0.2, 0.25) is 5.91 Å². The van der Waals surface area contributed by atoms with Crippen LogP contribution in [0.1, 0.15) is 26.2 Å². The molecule has 6 heteroatoms. The number of carboxylic acids is 1. The molecule has 0 aromatic rings. The highest BCUT2D eigenvalue weighted by molar-refractivity contribution is 5.89. The van der Waals surface area contributed by atoms with Gasteiger partial charge < -0.3 is 14.7 Å². The number of nitrogens with zero attached hydrogens (tertiary/aromatic N) is 1. The van der Waals surface area contributed by atoms with E-state index in [-0.39, 0.29) is 23.7 Å². The van der Waals surface area contributed by atoms with Crippen molar-refractivity contribution < 1.29 is 24.2 Å². The number of carbonyl (C=O) groups is 3. The topological polar surface area (TPSA) is 83.9 Å². The van der Waals surface area contributed by atoms with Gasteiger partial charge in [0.15, 0.2) is 0 Å². The highest BCUT2D eigenvalue weighted by Crippen LogP contribution is 2.40. The molecule has 1 aliphatic heterocycles. The average Bonchev–Trinajstić information content (AvgIpc) is 3.19. The molecule has 1 heterocycles. The quantitative estimate of drug-likeness (QED) is 0.752. The molecule has 1 saturated heterocycles. The molecule has 2 aliphatic rings. The lowest BCUT2D eigenvalue weighted by Crippen LogP contribution is -2.41. The molecule has 0 spiro atoms. The Morgan fingerprint density at radius 1 is 1.21 bits per heavy atom. The van der Waals surface area contributed by atoms with Gasteiger partial charge in [-0.1, -0.05) is 0 Å². The molecular formula is C13H19NO5. The van der Waals surface area contributed by atoms with Crippen LogP contribution in [0.5, 0.6) is 0 Å². The first-order valence-electron chi connectivity index (χ1n) is 6.72. The summed E-state index contributed by atoms with van der Waals surface area (Å²) in [4.78, 5) is 36.0. The Hall–Kier alpha value is -1.59. The summed E-state index contributed by atoms with van der Waals surface area (Å²) in [7, 11) is 0. The Labute approximate surface area is 111 Å². The maximum Gasteiger partial charge on any atom is 0.309 e. The molecule has 2 rings (SSSR count). The number of rotatable bonds is 4. The minimum atomic E-state index is -0.889. The first kappa shape index (κ1) is 13.8. The van der Waals surface area contributed by atoms with Crippen molar-refractivity contribution in [3.05, 3.63) is 0 Å². The van der Waals surface area contributed by atoms with Crippen LogP contribution in [-0.4, -0.2) is 47.5 Å². The average molecular weight is 269 g/mol. The molecule has 19 heavy (non-hydrogen) atoms. The lowest BCUT2D eigenvalue weighted by atomic mass is 9.96. The molecule has 2 fully saturated rings. The fourth-order valence-electron chi connectivity index (χ4n) is 2.57. The number of likely N-dealkylation sites (tertiary alicyclic amines) is 1. The number of amides is 1. The van der Waals surface area contributed by atoms with E-state index in [0.29, 0.717) is 39.0 Å². The van der Waals surface area contributed by atoms with Gasteiger partial charge in [-0.05, 0) is 26.2 Å². The normalized spacial score (nSPS) is 26.9. The second kappa shape index (κ2) is 5.59. The number of aliphatic carboxylic acids is 1. The number of piperidine rings is 1. The number of carboxylic acid groups (broad SMARTS) is 1. The zero-order valence-corrected chi connectivity index (χ0v) is 11.0. The monoisotopic (exact) mass is 269 g/mol. The van der Waals surface area contributed by atoms with Gasteiger partial charge in [0.25, 0.3) is 0 Å². The van der Waals surface area contributed by atoms with Crippen molar-refractivity contribution in [2.45, 2.75) is 26.2 Å². The van der Waals surface area contributed by atoms with Crippen molar-refractivity contribution in [1.82, 2.24) is 4.90 Å². The smallest absolute Gasteiger partial charge is 0.309 e. The third kappa shape index (κ3) is 3.05. The van der Waals surface area contributed by atoms with Gasteiger partial charge in [-0.3, -0.25) is 14.4 Å². The molecule has 0 bridgehead atoms. The predicted molar refractivity (Wildman–Crippen MR) is 65.2 cm³/mol. The predicted octanol–water partition coefficient (Wildman–Crippen LogP) is 0.509. The molecule has 106 valence electrons. The van der Waals surface area contributed by atoms with Crippen LogP contribution in [0, 0.1) is 17.8 Å². The molecule has 2 atom stereocenters. The number of hydrogen-bond acceptors (Lipinski definition) is 4. The minimum Gasteiger partial charge on any atom is -0.481 e. The van der Waals surface area contributed by atoms with Gasteiger partial charge in [0.1, 0.15) is 0 Å². The maximum atomic E-state index is 12.0. The Balaban J connectivity index is 1.79. The number of carbonyl (C=O) groups excluding carboxylic acids is 2. The van der Waals surface area contributed by atoms with Crippen LogP contribution in [0.25, 0.3) is 0 Å². The van der Waals surface area contributed by atoms with E-state index in [9.17, 15) is 14.4 Å². The molecule has 6 nitrogen and oxygen atoms in total. The van der Waals surface area contributed by atoms with Gasteiger partial charge in [-0.15, -0.1) is 0 Å². The zero-order chi connectivity index (χ0) is 14.0. The van der Waals surface area contributed by atoms with E-state index in [0.717, 1.165) is 0 Å². The largest absolute Gasteiger partial charge is 0.481 e. The van der Waals surface area contributed by atoms with Crippen LogP contribution in [0.3, 0.4) is 0 Å². The van der Waals surface area contributed by atoms with E-state index in [2.05, 4.69) is 0 Å². The Morgan fingerprint density at radius 2 is 1.84 bits per heavy atom. The van der Waals surface area contributed by atoms with Gasteiger partial charge in [0, 0.05) is 13.1 Å². The van der Waals surface area contributed by atoms with Crippen LogP contribution in [-0.2, 0) is 19.1 Å². The first-order chi connectivity index (χ1) is 9.04. The van der Waals surface area contributed by atoms with Crippen molar-refractivity contribution in [2.75, 3.05) is 19.7 Å². The van der Waals surface area contributed by atoms with E-state index in [1.807, 2.05) is 0 Å². The summed E-state index contributed by atoms with van der Waals surface area (Å²) in [5.74, 6) is -2.13. The summed E-state index contributed by atoms with van der Waals surface area (Å²) < 4.78 is 4.97. The van der Waals surface area contributed by atoms with Crippen LogP contribution in [0.2, 0.25) is 0 Å².